The van der Waals surface area contributed by atoms with Crippen LogP contribution in [0.4, 0.5) is 30.2 Å². The first-order chi connectivity index (χ1) is 30.1. The Hall–Kier alpha value is -6.31. The van der Waals surface area contributed by atoms with Gasteiger partial charge in [0.05, 0.1) is 24.0 Å². The highest BCUT2D eigenvalue weighted by molar-refractivity contribution is 7.99. The number of anilines is 2. The van der Waals surface area contributed by atoms with Gasteiger partial charge < -0.3 is 24.8 Å². The van der Waals surface area contributed by atoms with Crippen molar-refractivity contribution in [3.05, 3.63) is 136 Å². The number of carboxylic acid groups (broad SMARTS) is 1. The van der Waals surface area contributed by atoms with Gasteiger partial charge in [-0.2, -0.15) is 13.2 Å². The lowest BCUT2D eigenvalue weighted by atomic mass is 9.92. The second-order valence-electron chi connectivity index (χ2n) is 14.5. The van der Waals surface area contributed by atoms with Crippen molar-refractivity contribution < 1.29 is 50.7 Å². The quantitative estimate of drug-likeness (QED) is 0.0424. The van der Waals surface area contributed by atoms with Gasteiger partial charge in [0.2, 0.25) is 0 Å². The number of carboxylic acids is 1. The number of rotatable bonds is 14. The smallest absolute Gasteiger partial charge is 0.490 e. The molecule has 19 heteroatoms. The van der Waals surface area contributed by atoms with Gasteiger partial charge in [-0.15, -0.1) is 11.8 Å². The first kappa shape index (κ1) is 46.2. The van der Waals surface area contributed by atoms with Gasteiger partial charge >= 0.3 is 12.1 Å². The van der Waals surface area contributed by atoms with Crippen molar-refractivity contribution >= 4 is 50.7 Å². The molecule has 63 heavy (non-hydrogen) atoms. The summed E-state index contributed by atoms with van der Waals surface area (Å²) in [5.41, 5.74) is 5.48. The van der Waals surface area contributed by atoms with E-state index in [4.69, 9.17) is 19.4 Å². The monoisotopic (exact) mass is 907 g/mol. The molecule has 0 spiro atoms. The minimum atomic E-state index is -5.08. The number of carbonyl (C=O) groups is 2. The van der Waals surface area contributed by atoms with Gasteiger partial charge in [-0.3, -0.25) is 19.8 Å². The highest BCUT2D eigenvalue weighted by Gasteiger charge is 2.38. The summed E-state index contributed by atoms with van der Waals surface area (Å²) in [6.45, 7) is 3.77. The fourth-order valence-corrected chi connectivity index (χ4v) is 9.21. The number of hydrogen-bond acceptors (Lipinski definition) is 12. The number of nitrogens with one attached hydrogen (secondary N) is 2. The molecule has 0 saturated carbocycles. The van der Waals surface area contributed by atoms with Crippen molar-refractivity contribution in [2.24, 2.45) is 0 Å². The molecule has 2 aliphatic heterocycles. The van der Waals surface area contributed by atoms with Crippen LogP contribution in [0.5, 0.6) is 11.5 Å². The zero-order valence-electron chi connectivity index (χ0n) is 34.1. The molecule has 0 unspecified atom stereocenters. The summed E-state index contributed by atoms with van der Waals surface area (Å²) in [6, 6.07) is 33.3. The number of aliphatic carboxylic acids is 1. The number of fused-ring (bicyclic) bond motifs is 3. The van der Waals surface area contributed by atoms with Crippen molar-refractivity contribution in [3.63, 3.8) is 0 Å². The van der Waals surface area contributed by atoms with Gasteiger partial charge in [-0.1, -0.05) is 48.5 Å². The lowest BCUT2D eigenvalue weighted by Crippen LogP contribution is -2.54. The van der Waals surface area contributed by atoms with E-state index >= 15 is 0 Å². The topological polar surface area (TPSA) is 181 Å². The third-order valence-electron chi connectivity index (χ3n) is 10.4. The van der Waals surface area contributed by atoms with E-state index < -0.39 is 38.7 Å². The minimum Gasteiger partial charge on any atom is -0.493 e. The predicted molar refractivity (Wildman–Crippen MR) is 233 cm³/mol. The van der Waals surface area contributed by atoms with Gasteiger partial charge in [-0.05, 0) is 89.7 Å². The number of hydrogen-bond donors (Lipinski definition) is 3. The van der Waals surface area contributed by atoms with Crippen LogP contribution in [0.2, 0.25) is 0 Å². The van der Waals surface area contributed by atoms with E-state index in [9.17, 15) is 36.5 Å². The Labute approximate surface area is 366 Å². The van der Waals surface area contributed by atoms with Crippen molar-refractivity contribution in [2.75, 3.05) is 56.4 Å². The Morgan fingerprint density at radius 1 is 0.921 bits per heavy atom. The van der Waals surface area contributed by atoms with Crippen molar-refractivity contribution in [3.8, 4) is 22.6 Å². The molecule has 14 nitrogen and oxygen atoms in total. The Balaban J connectivity index is 0.000000871. The van der Waals surface area contributed by atoms with Crippen molar-refractivity contribution in [1.82, 2.24) is 9.62 Å². The average Bonchev–Trinajstić information content (AvgIpc) is 3.27. The molecule has 7 rings (SSSR count). The van der Waals surface area contributed by atoms with Crippen LogP contribution in [0.3, 0.4) is 0 Å². The highest BCUT2D eigenvalue weighted by atomic mass is 32.2. The number of halogens is 3. The van der Waals surface area contributed by atoms with E-state index in [1.165, 1.54) is 17.7 Å². The van der Waals surface area contributed by atoms with Crippen LogP contribution in [0, 0.1) is 10.1 Å². The predicted octanol–water partition coefficient (Wildman–Crippen LogP) is 7.87. The summed E-state index contributed by atoms with van der Waals surface area (Å²) in [5.74, 6) is -1.53. The Bertz CT molecular complexity index is 2560. The highest BCUT2D eigenvalue weighted by Crippen LogP contribution is 2.37. The maximum absolute atomic E-state index is 13.3. The maximum Gasteiger partial charge on any atom is 0.490 e. The van der Waals surface area contributed by atoms with Crippen LogP contribution in [0.15, 0.2) is 119 Å². The largest absolute Gasteiger partial charge is 0.493 e. The van der Waals surface area contributed by atoms with Crippen LogP contribution in [-0.2, 0) is 27.8 Å². The van der Waals surface area contributed by atoms with Crippen molar-refractivity contribution in [2.45, 2.75) is 41.4 Å². The number of sulfonamides is 1. The molecule has 1 fully saturated rings. The number of thioether (sulfide) groups is 1. The molecule has 1 atom stereocenters. The molecule has 0 radical (unpaired) electrons. The molecule has 0 aromatic heterocycles. The molecule has 5 aromatic rings. The van der Waals surface area contributed by atoms with Crippen LogP contribution >= 0.6 is 11.8 Å². The van der Waals surface area contributed by atoms with Gasteiger partial charge in [0.1, 0.15) is 5.69 Å². The third-order valence-corrected chi connectivity index (χ3v) is 12.8. The molecule has 3 N–H and O–H groups in total. The minimum absolute atomic E-state index is 0.196. The lowest BCUT2D eigenvalue weighted by Gasteiger charge is -2.46. The molecule has 2 aliphatic rings. The molecule has 1 saturated heterocycles. The van der Waals surface area contributed by atoms with E-state index in [2.05, 4.69) is 44.1 Å². The number of benzene rings is 5. The molecule has 2 heterocycles. The van der Waals surface area contributed by atoms with Crippen LogP contribution < -0.4 is 24.4 Å². The number of piperazine rings is 1. The first-order valence-electron chi connectivity index (χ1n) is 19.6. The van der Waals surface area contributed by atoms with E-state index in [1.807, 2.05) is 54.6 Å². The number of amides is 1. The standard InChI is InChI=1S/C42H43N5O7S2.C2HF3O2/c1-53-40-19-14-29(25-41(40)54-2)36-11-7-6-8-32(36)27-45-21-22-46-33(28-45)15-12-30-24-31(13-18-38(30)46)42(48)44-56(51,52)35-16-17-37(39(26-35)47(49)50)43-20-23-55-34-9-4-3-5-10-34;3-2(4,5)1(6)7/h3-11,13-14,16-19,24-26,33,43H,12,15,20-23,27-28H2,1-2H3,(H,44,48);(H,6,7)/t33-;/m0./s1. The molecule has 0 aliphatic carbocycles. The molecule has 0 bridgehead atoms. The summed E-state index contributed by atoms with van der Waals surface area (Å²) in [5, 5.41) is 22.1. The average molecular weight is 908 g/mol. The van der Waals surface area contributed by atoms with E-state index in [1.54, 1.807) is 38.1 Å². The van der Waals surface area contributed by atoms with Gasteiger partial charge in [0, 0.05) is 66.7 Å². The number of nitro benzene ring substituents is 1. The third kappa shape index (κ3) is 11.6. The fraction of sp³-hybridized carbons (Fsp3) is 0.273. The van der Waals surface area contributed by atoms with Gasteiger partial charge in [0.15, 0.2) is 11.5 Å². The van der Waals surface area contributed by atoms with Gasteiger partial charge in [0.25, 0.3) is 21.6 Å². The van der Waals surface area contributed by atoms with E-state index in [0.717, 1.165) is 72.4 Å². The second kappa shape index (κ2) is 20.3. The zero-order valence-corrected chi connectivity index (χ0v) is 35.8. The summed E-state index contributed by atoms with van der Waals surface area (Å²) >= 11 is 1.60. The molecule has 1 amide bonds. The molecule has 5 aromatic carbocycles. The lowest BCUT2D eigenvalue weighted by molar-refractivity contribution is -0.384. The number of aryl methyl sites for hydroxylation is 1. The molecular weight excluding hydrogens is 864 g/mol. The first-order valence-corrected chi connectivity index (χ1v) is 22.0. The maximum atomic E-state index is 13.3. The molecule has 332 valence electrons. The van der Waals surface area contributed by atoms with E-state index in [0.29, 0.717) is 29.8 Å². The Morgan fingerprint density at radius 3 is 2.33 bits per heavy atom. The van der Waals surface area contributed by atoms with Crippen molar-refractivity contribution in [1.29, 1.82) is 0 Å². The second-order valence-corrected chi connectivity index (χ2v) is 17.3. The zero-order chi connectivity index (χ0) is 45.3. The fourth-order valence-electron chi connectivity index (χ4n) is 7.43. The SMILES string of the molecule is COc1ccc(-c2ccccc2CN2CCN3c4ccc(C(=O)NS(=O)(=O)c5ccc(NCCSc6ccccc6)c([N+](=O)[O-])c5)cc4CC[C@H]3C2)cc1OC.O=C(O)C(F)(F)F. The number of alkyl halides is 3. The van der Waals surface area contributed by atoms with Gasteiger partial charge in [-0.25, -0.2) is 17.9 Å². The summed E-state index contributed by atoms with van der Waals surface area (Å²) in [4.78, 5) is 39.1. The Morgan fingerprint density at radius 2 is 1.63 bits per heavy atom. The summed E-state index contributed by atoms with van der Waals surface area (Å²) in [7, 11) is -1.14. The normalized spacial score (nSPS) is 14.9. The Kier molecular flexibility index (Phi) is 14.9. The molecular formula is C44H44F3N5O9S2. The number of nitro groups is 1. The van der Waals surface area contributed by atoms with Crippen LogP contribution in [0.25, 0.3) is 11.1 Å². The van der Waals surface area contributed by atoms with Crippen LogP contribution in [0.1, 0.15) is 27.9 Å². The number of methoxy groups -OCH3 is 2. The summed E-state index contributed by atoms with van der Waals surface area (Å²) < 4.78 is 71.5. The number of nitrogens with zero attached hydrogens (tertiary/aromatic N) is 3. The van der Waals surface area contributed by atoms with Crippen LogP contribution in [-0.4, -0.2) is 93.6 Å². The van der Waals surface area contributed by atoms with E-state index in [-0.39, 0.29) is 16.1 Å². The number of carbonyl (C=O) groups excluding carboxylic acids is 1. The number of ether oxygens (including phenoxy) is 2. The summed E-state index contributed by atoms with van der Waals surface area (Å²) in [6.07, 6.45) is -3.45.